The second kappa shape index (κ2) is 9.07. The van der Waals surface area contributed by atoms with Crippen molar-refractivity contribution in [3.8, 4) is 0 Å². The number of benzene rings is 1. The Morgan fingerprint density at radius 3 is 2.45 bits per heavy atom. The molecule has 5 heteroatoms. The number of aliphatic carboxylic acids is 1. The third-order valence-corrected chi connectivity index (χ3v) is 3.65. The first kappa shape index (κ1) is 18.0. The van der Waals surface area contributed by atoms with Crippen LogP contribution in [0.5, 0.6) is 0 Å². The fraction of sp³-hybridized carbons (Fsp3) is 0.529. The molecule has 0 aliphatic rings. The molecule has 1 N–H and O–H groups in total. The van der Waals surface area contributed by atoms with E-state index in [9.17, 15) is 9.59 Å². The summed E-state index contributed by atoms with van der Waals surface area (Å²) in [6, 6.07) is 7.73. The van der Waals surface area contributed by atoms with Crippen molar-refractivity contribution < 1.29 is 14.7 Å². The predicted molar refractivity (Wildman–Crippen MR) is 88.2 cm³/mol. The fourth-order valence-electron chi connectivity index (χ4n) is 2.24. The summed E-state index contributed by atoms with van der Waals surface area (Å²) in [7, 11) is 1.80. The number of nitrogens with zero attached hydrogens (tertiary/aromatic N) is 2. The Kier molecular flexibility index (Phi) is 7.43. The second-order valence-corrected chi connectivity index (χ2v) is 5.52. The topological polar surface area (TPSA) is 60.9 Å². The first-order valence-corrected chi connectivity index (χ1v) is 7.72. The number of likely N-dealkylation sites (N-methyl/N-ethyl adjacent to an activating group) is 1. The number of unbranched alkanes of at least 4 members (excludes halogenated alkanes) is 1. The summed E-state index contributed by atoms with van der Waals surface area (Å²) in [6.45, 7) is 5.32. The maximum atomic E-state index is 12.3. The van der Waals surface area contributed by atoms with Crippen molar-refractivity contribution >= 4 is 17.6 Å². The molecule has 1 aromatic rings. The Hall–Kier alpha value is -2.04. The van der Waals surface area contributed by atoms with E-state index in [1.807, 2.05) is 36.1 Å². The fourth-order valence-corrected chi connectivity index (χ4v) is 2.24. The summed E-state index contributed by atoms with van der Waals surface area (Å²) in [5.74, 6) is -0.840. The molecular formula is C17H26N2O3. The lowest BCUT2D eigenvalue weighted by Gasteiger charge is -2.27. The number of para-hydroxylation sites is 1. The highest BCUT2D eigenvalue weighted by Gasteiger charge is 2.17. The van der Waals surface area contributed by atoms with Gasteiger partial charge in [0.15, 0.2) is 0 Å². The number of carbonyl (C=O) groups is 2. The minimum absolute atomic E-state index is 0.0142. The molecule has 1 rings (SSSR count). The van der Waals surface area contributed by atoms with E-state index in [0.29, 0.717) is 6.54 Å². The SMILES string of the molecule is CCCCN(C)C(=O)CN(CCC(=O)O)c1ccccc1C. The minimum atomic E-state index is -0.856. The summed E-state index contributed by atoms with van der Waals surface area (Å²) in [4.78, 5) is 26.8. The quantitative estimate of drug-likeness (QED) is 0.761. The van der Waals surface area contributed by atoms with E-state index in [0.717, 1.165) is 30.6 Å². The Bertz CT molecular complexity index is 502. The Labute approximate surface area is 132 Å². The normalized spacial score (nSPS) is 10.3. The summed E-state index contributed by atoms with van der Waals surface area (Å²) >= 11 is 0. The second-order valence-electron chi connectivity index (χ2n) is 5.52. The predicted octanol–water partition coefficient (Wildman–Crippen LogP) is 2.53. The molecule has 0 aliphatic carbocycles. The Balaban J connectivity index is 2.80. The highest BCUT2D eigenvalue weighted by atomic mass is 16.4. The maximum absolute atomic E-state index is 12.3. The summed E-state index contributed by atoms with van der Waals surface area (Å²) in [5, 5.41) is 8.92. The molecule has 0 radical (unpaired) electrons. The van der Waals surface area contributed by atoms with Gasteiger partial charge in [0, 0.05) is 25.8 Å². The Morgan fingerprint density at radius 2 is 1.86 bits per heavy atom. The molecule has 0 saturated carbocycles. The van der Waals surface area contributed by atoms with E-state index in [1.165, 1.54) is 0 Å². The van der Waals surface area contributed by atoms with Gasteiger partial charge in [0.05, 0.1) is 13.0 Å². The first-order chi connectivity index (χ1) is 10.5. The van der Waals surface area contributed by atoms with Crippen LogP contribution in [0.3, 0.4) is 0 Å². The van der Waals surface area contributed by atoms with Gasteiger partial charge in [-0.2, -0.15) is 0 Å². The van der Waals surface area contributed by atoms with Crippen molar-refractivity contribution in [2.45, 2.75) is 33.1 Å². The van der Waals surface area contributed by atoms with Crippen LogP contribution in [0.4, 0.5) is 5.69 Å². The number of carboxylic acid groups (broad SMARTS) is 1. The van der Waals surface area contributed by atoms with Crippen molar-refractivity contribution in [2.75, 3.05) is 31.6 Å². The number of rotatable bonds is 9. The van der Waals surface area contributed by atoms with Crippen molar-refractivity contribution in [3.05, 3.63) is 29.8 Å². The van der Waals surface area contributed by atoms with Gasteiger partial charge >= 0.3 is 5.97 Å². The monoisotopic (exact) mass is 306 g/mol. The van der Waals surface area contributed by atoms with Gasteiger partial charge in [0.25, 0.3) is 0 Å². The molecule has 0 unspecified atom stereocenters. The zero-order valence-corrected chi connectivity index (χ0v) is 13.7. The zero-order valence-electron chi connectivity index (χ0n) is 13.7. The third kappa shape index (κ3) is 5.76. The Morgan fingerprint density at radius 1 is 1.18 bits per heavy atom. The molecule has 0 spiro atoms. The van der Waals surface area contributed by atoms with Crippen LogP contribution in [0, 0.1) is 6.92 Å². The van der Waals surface area contributed by atoms with Crippen LogP contribution in [-0.2, 0) is 9.59 Å². The molecule has 0 heterocycles. The zero-order chi connectivity index (χ0) is 16.5. The van der Waals surface area contributed by atoms with Gasteiger partial charge < -0.3 is 14.9 Å². The number of aryl methyl sites for hydroxylation is 1. The smallest absolute Gasteiger partial charge is 0.305 e. The van der Waals surface area contributed by atoms with Gasteiger partial charge in [-0.15, -0.1) is 0 Å². The molecule has 0 fully saturated rings. The average molecular weight is 306 g/mol. The van der Waals surface area contributed by atoms with Crippen molar-refractivity contribution in [1.29, 1.82) is 0 Å². The molecule has 5 nitrogen and oxygen atoms in total. The molecular weight excluding hydrogens is 280 g/mol. The van der Waals surface area contributed by atoms with Crippen LogP contribution >= 0.6 is 0 Å². The minimum Gasteiger partial charge on any atom is -0.481 e. The van der Waals surface area contributed by atoms with Gasteiger partial charge in [-0.05, 0) is 25.0 Å². The number of carbonyl (C=O) groups excluding carboxylic acids is 1. The molecule has 122 valence electrons. The molecule has 0 aliphatic heterocycles. The lowest BCUT2D eigenvalue weighted by Crippen LogP contribution is -2.40. The molecule has 0 aromatic heterocycles. The van der Waals surface area contributed by atoms with Crippen LogP contribution in [-0.4, -0.2) is 48.6 Å². The largest absolute Gasteiger partial charge is 0.481 e. The average Bonchev–Trinajstić information content (AvgIpc) is 2.49. The van der Waals surface area contributed by atoms with E-state index in [2.05, 4.69) is 6.92 Å². The number of hydrogen-bond acceptors (Lipinski definition) is 3. The van der Waals surface area contributed by atoms with Crippen molar-refractivity contribution in [3.63, 3.8) is 0 Å². The number of amides is 1. The van der Waals surface area contributed by atoms with Crippen LogP contribution in [0.25, 0.3) is 0 Å². The van der Waals surface area contributed by atoms with Gasteiger partial charge in [-0.1, -0.05) is 31.5 Å². The summed E-state index contributed by atoms with van der Waals surface area (Å²) in [6.07, 6.45) is 2.03. The van der Waals surface area contributed by atoms with E-state index in [1.54, 1.807) is 11.9 Å². The van der Waals surface area contributed by atoms with Gasteiger partial charge in [-0.3, -0.25) is 9.59 Å². The number of carboxylic acids is 1. The first-order valence-electron chi connectivity index (χ1n) is 7.72. The summed E-state index contributed by atoms with van der Waals surface area (Å²) < 4.78 is 0. The molecule has 0 bridgehead atoms. The highest BCUT2D eigenvalue weighted by molar-refractivity contribution is 5.82. The lowest BCUT2D eigenvalue weighted by atomic mass is 10.1. The van der Waals surface area contributed by atoms with Crippen LogP contribution < -0.4 is 4.90 Å². The van der Waals surface area contributed by atoms with Gasteiger partial charge in [0.2, 0.25) is 5.91 Å². The molecule has 0 atom stereocenters. The third-order valence-electron chi connectivity index (χ3n) is 3.65. The molecule has 22 heavy (non-hydrogen) atoms. The number of hydrogen-bond donors (Lipinski definition) is 1. The molecule has 1 amide bonds. The van der Waals surface area contributed by atoms with Gasteiger partial charge in [-0.25, -0.2) is 0 Å². The van der Waals surface area contributed by atoms with Crippen LogP contribution in [0.2, 0.25) is 0 Å². The lowest BCUT2D eigenvalue weighted by molar-refractivity contribution is -0.137. The van der Waals surface area contributed by atoms with Gasteiger partial charge in [0.1, 0.15) is 0 Å². The molecule has 1 aromatic carbocycles. The molecule has 0 saturated heterocycles. The van der Waals surface area contributed by atoms with Crippen LogP contribution in [0.1, 0.15) is 31.7 Å². The summed E-state index contributed by atoms with van der Waals surface area (Å²) in [5.41, 5.74) is 1.96. The van der Waals surface area contributed by atoms with Crippen LogP contribution in [0.15, 0.2) is 24.3 Å². The van der Waals surface area contributed by atoms with E-state index < -0.39 is 5.97 Å². The van der Waals surface area contributed by atoms with E-state index >= 15 is 0 Å². The number of anilines is 1. The maximum Gasteiger partial charge on any atom is 0.305 e. The van der Waals surface area contributed by atoms with Crippen molar-refractivity contribution in [2.24, 2.45) is 0 Å². The van der Waals surface area contributed by atoms with E-state index in [4.69, 9.17) is 5.11 Å². The van der Waals surface area contributed by atoms with E-state index in [-0.39, 0.29) is 18.9 Å². The standard InChI is InChI=1S/C17H26N2O3/c1-4-5-11-18(3)16(20)13-19(12-10-17(21)22)15-9-7-6-8-14(15)2/h6-9H,4-5,10-13H2,1-3H3,(H,21,22). The highest BCUT2D eigenvalue weighted by Crippen LogP contribution is 2.19. The van der Waals surface area contributed by atoms with Crippen molar-refractivity contribution in [1.82, 2.24) is 4.90 Å².